The Balaban J connectivity index is 1.39. The van der Waals surface area contributed by atoms with E-state index in [9.17, 15) is 9.18 Å². The maximum Gasteiger partial charge on any atom is 0.254 e. The molecule has 3 aromatic rings. The number of carbonyl (C=O) groups excluding carboxylic acids is 1. The maximum absolute atomic E-state index is 14.3. The molecule has 1 aromatic carbocycles. The molecule has 212 valence electrons. The number of rotatable bonds is 10. The molecule has 1 N–H and O–H groups in total. The number of nitrogens with zero attached hydrogens (tertiary/aromatic N) is 5. The van der Waals surface area contributed by atoms with Gasteiger partial charge in [0.25, 0.3) is 5.91 Å². The van der Waals surface area contributed by atoms with Crippen molar-refractivity contribution in [3.8, 4) is 5.75 Å². The summed E-state index contributed by atoms with van der Waals surface area (Å²) in [6.07, 6.45) is 6.97. The first-order valence-corrected chi connectivity index (χ1v) is 14.1. The number of pyridine rings is 1. The second-order valence-corrected chi connectivity index (χ2v) is 11.3. The number of halogens is 1. The Morgan fingerprint density at radius 1 is 1.27 bits per heavy atom. The highest BCUT2D eigenvalue weighted by atomic mass is 19.1. The fourth-order valence-electron chi connectivity index (χ4n) is 6.11. The number of anilines is 1. The lowest BCUT2D eigenvalue weighted by molar-refractivity contribution is -0.0587. The second-order valence-electron chi connectivity index (χ2n) is 11.3. The van der Waals surface area contributed by atoms with E-state index < -0.39 is 5.82 Å². The largest absolute Gasteiger partial charge is 0.491 e. The van der Waals surface area contributed by atoms with Crippen LogP contribution in [0, 0.1) is 5.82 Å². The summed E-state index contributed by atoms with van der Waals surface area (Å²) in [6.45, 7) is 7.59. The molecule has 1 aliphatic carbocycles. The number of carbonyl (C=O) groups is 1. The minimum Gasteiger partial charge on any atom is -0.491 e. The number of nitrogens with one attached hydrogen (secondary N) is 1. The van der Waals surface area contributed by atoms with Crippen molar-refractivity contribution in [1.29, 1.82) is 0 Å². The van der Waals surface area contributed by atoms with Crippen molar-refractivity contribution in [3.05, 3.63) is 70.6 Å². The molecule has 1 unspecified atom stereocenters. The van der Waals surface area contributed by atoms with Gasteiger partial charge >= 0.3 is 0 Å². The van der Waals surface area contributed by atoms with E-state index in [1.54, 1.807) is 12.3 Å². The van der Waals surface area contributed by atoms with Crippen molar-refractivity contribution in [2.24, 2.45) is 0 Å². The summed E-state index contributed by atoms with van der Waals surface area (Å²) in [6, 6.07) is 6.02. The second kappa shape index (κ2) is 10.5. The normalized spacial score (nSPS) is 18.6. The van der Waals surface area contributed by atoms with Crippen LogP contribution in [0.15, 0.2) is 36.8 Å². The third kappa shape index (κ3) is 4.73. The van der Waals surface area contributed by atoms with E-state index in [-0.39, 0.29) is 23.1 Å². The molecule has 2 aromatic heterocycles. The Morgan fingerprint density at radius 2 is 2.08 bits per heavy atom. The van der Waals surface area contributed by atoms with Crippen LogP contribution in [-0.4, -0.2) is 76.7 Å². The summed E-state index contributed by atoms with van der Waals surface area (Å²) >= 11 is 0. The van der Waals surface area contributed by atoms with E-state index in [0.717, 1.165) is 49.7 Å². The molecule has 0 radical (unpaired) electrons. The lowest BCUT2D eigenvalue weighted by Crippen LogP contribution is -2.48. The SMILES string of the molecule is CCOc1cc(C(C)N2CC3(CC3)c3c(CN(C)C4COC4)cc(Cn4ccnc4NC)cc3C2=O)ncc1F. The highest BCUT2D eigenvalue weighted by Gasteiger charge is 2.53. The molecule has 9 nitrogen and oxygen atoms in total. The van der Waals surface area contributed by atoms with Crippen molar-refractivity contribution < 1.29 is 18.7 Å². The van der Waals surface area contributed by atoms with E-state index in [1.165, 1.54) is 17.3 Å². The molecule has 1 saturated carbocycles. The van der Waals surface area contributed by atoms with Crippen LogP contribution in [0.1, 0.15) is 65.5 Å². The number of hydrogen-bond donors (Lipinski definition) is 1. The minimum absolute atomic E-state index is 0.0127. The maximum atomic E-state index is 14.3. The molecule has 1 atom stereocenters. The molecule has 40 heavy (non-hydrogen) atoms. The van der Waals surface area contributed by atoms with Crippen LogP contribution in [0.2, 0.25) is 0 Å². The van der Waals surface area contributed by atoms with Gasteiger partial charge in [-0.1, -0.05) is 6.07 Å². The van der Waals surface area contributed by atoms with Crippen molar-refractivity contribution in [2.75, 3.05) is 45.8 Å². The smallest absolute Gasteiger partial charge is 0.254 e. The van der Waals surface area contributed by atoms with Crippen molar-refractivity contribution in [3.63, 3.8) is 0 Å². The van der Waals surface area contributed by atoms with Crippen LogP contribution in [-0.2, 0) is 23.2 Å². The first kappa shape index (κ1) is 26.7. The number of hydrogen-bond acceptors (Lipinski definition) is 7. The number of benzene rings is 1. The molecule has 10 heteroatoms. The summed E-state index contributed by atoms with van der Waals surface area (Å²) in [5.74, 6) is 0.429. The number of aromatic nitrogens is 3. The van der Waals surface area contributed by atoms with Gasteiger partial charge in [-0.15, -0.1) is 0 Å². The van der Waals surface area contributed by atoms with Gasteiger partial charge in [-0.05, 0) is 56.5 Å². The Labute approximate surface area is 234 Å². The van der Waals surface area contributed by atoms with E-state index >= 15 is 0 Å². The summed E-state index contributed by atoms with van der Waals surface area (Å²) in [5.41, 5.74) is 4.77. The summed E-state index contributed by atoms with van der Waals surface area (Å²) < 4.78 is 27.2. The first-order valence-electron chi connectivity index (χ1n) is 14.1. The van der Waals surface area contributed by atoms with Crippen molar-refractivity contribution >= 4 is 11.9 Å². The van der Waals surface area contributed by atoms with Gasteiger partial charge in [0.2, 0.25) is 5.95 Å². The Morgan fingerprint density at radius 3 is 2.75 bits per heavy atom. The number of ether oxygens (including phenoxy) is 2. The Kier molecular flexibility index (Phi) is 7.00. The molecule has 2 fully saturated rings. The molecule has 4 heterocycles. The van der Waals surface area contributed by atoms with Gasteiger partial charge in [-0.2, -0.15) is 0 Å². The van der Waals surface area contributed by atoms with Gasteiger partial charge in [0.1, 0.15) is 0 Å². The topological polar surface area (TPSA) is 84.8 Å². The number of likely N-dealkylation sites (N-methyl/N-ethyl adjacent to an activating group) is 1. The monoisotopic (exact) mass is 548 g/mol. The minimum atomic E-state index is -0.498. The van der Waals surface area contributed by atoms with E-state index in [0.29, 0.717) is 31.4 Å². The van der Waals surface area contributed by atoms with Crippen LogP contribution in [0.4, 0.5) is 10.3 Å². The quantitative estimate of drug-likeness (QED) is 0.410. The van der Waals surface area contributed by atoms with Gasteiger partial charge in [0.05, 0.1) is 50.3 Å². The molecule has 3 aliphatic rings. The van der Waals surface area contributed by atoms with Crippen LogP contribution >= 0.6 is 0 Å². The molecule has 2 aliphatic heterocycles. The fourth-order valence-corrected chi connectivity index (χ4v) is 6.11. The Hall–Kier alpha value is -3.50. The highest BCUT2D eigenvalue weighted by molar-refractivity contribution is 5.98. The third-order valence-electron chi connectivity index (χ3n) is 8.62. The molecule has 1 saturated heterocycles. The Bertz CT molecular complexity index is 1420. The molecule has 0 bridgehead atoms. The lowest BCUT2D eigenvalue weighted by Gasteiger charge is -2.41. The molecule has 1 spiro atoms. The summed E-state index contributed by atoms with van der Waals surface area (Å²) in [5, 5.41) is 3.14. The predicted octanol–water partition coefficient (Wildman–Crippen LogP) is 3.99. The van der Waals surface area contributed by atoms with Gasteiger partial charge < -0.3 is 24.3 Å². The van der Waals surface area contributed by atoms with Crippen LogP contribution < -0.4 is 10.1 Å². The van der Waals surface area contributed by atoms with E-state index in [2.05, 4.69) is 39.4 Å². The predicted molar refractivity (Wildman–Crippen MR) is 149 cm³/mol. The molecule has 1 amide bonds. The zero-order valence-electron chi connectivity index (χ0n) is 23.6. The standard InChI is InChI=1S/C30H37FN6O3/c1-5-40-26-12-25(34-13-24(26)31)19(2)37-18-30(6-7-30)27-21(15-35(4)22-16-39-17-22)10-20(11-23(27)28(37)38)14-36-9-8-33-29(36)32-3/h8-13,19,22H,5-7,14-18H2,1-4H3,(H,32,33). The zero-order chi connectivity index (χ0) is 28.0. The number of fused-ring (bicyclic) bond motifs is 2. The van der Waals surface area contributed by atoms with Gasteiger partial charge in [0, 0.05) is 49.6 Å². The first-order chi connectivity index (χ1) is 19.3. The summed E-state index contributed by atoms with van der Waals surface area (Å²) in [4.78, 5) is 27.3. The van der Waals surface area contributed by atoms with Gasteiger partial charge in [0.15, 0.2) is 11.6 Å². The van der Waals surface area contributed by atoms with Gasteiger partial charge in [-0.25, -0.2) is 9.37 Å². The zero-order valence-corrected chi connectivity index (χ0v) is 23.6. The van der Waals surface area contributed by atoms with E-state index in [1.807, 2.05) is 36.6 Å². The molecule has 6 rings (SSSR count). The number of imidazole rings is 1. The van der Waals surface area contributed by atoms with Crippen molar-refractivity contribution in [1.82, 2.24) is 24.3 Å². The highest BCUT2D eigenvalue weighted by Crippen LogP contribution is 2.55. The van der Waals surface area contributed by atoms with Crippen LogP contribution in [0.25, 0.3) is 0 Å². The average Bonchev–Trinajstić information content (AvgIpc) is 3.53. The van der Waals surface area contributed by atoms with Crippen LogP contribution in [0.3, 0.4) is 0 Å². The van der Waals surface area contributed by atoms with E-state index in [4.69, 9.17) is 9.47 Å². The molecular formula is C30H37FN6O3. The van der Waals surface area contributed by atoms with Crippen molar-refractivity contribution in [2.45, 2.75) is 57.3 Å². The third-order valence-corrected chi connectivity index (χ3v) is 8.62. The summed E-state index contributed by atoms with van der Waals surface area (Å²) in [7, 11) is 3.99. The number of amides is 1. The average molecular weight is 549 g/mol. The fraction of sp³-hybridized carbons (Fsp3) is 0.500. The lowest BCUT2D eigenvalue weighted by atomic mass is 9.81. The van der Waals surface area contributed by atoms with Gasteiger partial charge in [-0.3, -0.25) is 14.7 Å². The molecular weight excluding hydrogens is 511 g/mol. The van der Waals surface area contributed by atoms with Crippen LogP contribution in [0.5, 0.6) is 5.75 Å².